The Bertz CT molecular complexity index is 301. The monoisotopic (exact) mass is 196 g/mol. The number of hydrogen-bond donors (Lipinski definition) is 2. The number of aryl methyl sites for hydroxylation is 1. The van der Waals surface area contributed by atoms with Crippen molar-refractivity contribution in [3.8, 4) is 0 Å². The zero-order chi connectivity index (χ0) is 9.97. The van der Waals surface area contributed by atoms with Crippen LogP contribution in [0.15, 0.2) is 0 Å². The lowest BCUT2D eigenvalue weighted by Crippen LogP contribution is -2.43. The molecule has 1 fully saturated rings. The Morgan fingerprint density at radius 1 is 1.43 bits per heavy atom. The van der Waals surface area contributed by atoms with E-state index in [9.17, 15) is 0 Å². The van der Waals surface area contributed by atoms with Crippen molar-refractivity contribution < 1.29 is 0 Å². The number of piperazine rings is 1. The molecule has 0 spiro atoms. The zero-order valence-corrected chi connectivity index (χ0v) is 8.40. The standard InChI is InChI=1S/C8H16N6/c1-13-7(11-8(9)12-13)6-14-4-2-10-3-5-14/h10H,2-6H2,1H3,(H2,9,12). The van der Waals surface area contributed by atoms with E-state index in [4.69, 9.17) is 5.73 Å². The first-order valence-corrected chi connectivity index (χ1v) is 4.84. The van der Waals surface area contributed by atoms with Gasteiger partial charge in [0, 0.05) is 33.2 Å². The minimum Gasteiger partial charge on any atom is -0.366 e. The van der Waals surface area contributed by atoms with E-state index < -0.39 is 0 Å². The summed E-state index contributed by atoms with van der Waals surface area (Å²) in [6.45, 7) is 5.06. The third kappa shape index (κ3) is 2.02. The third-order valence-electron chi connectivity index (χ3n) is 2.44. The largest absolute Gasteiger partial charge is 0.366 e. The van der Waals surface area contributed by atoms with E-state index in [1.54, 1.807) is 4.68 Å². The molecule has 1 aromatic heterocycles. The number of aromatic nitrogens is 3. The summed E-state index contributed by atoms with van der Waals surface area (Å²) in [5.41, 5.74) is 5.51. The molecule has 6 nitrogen and oxygen atoms in total. The fourth-order valence-corrected chi connectivity index (χ4v) is 1.65. The lowest BCUT2D eigenvalue weighted by atomic mass is 10.3. The van der Waals surface area contributed by atoms with E-state index in [0.717, 1.165) is 38.5 Å². The predicted molar refractivity (Wildman–Crippen MR) is 53.6 cm³/mol. The maximum Gasteiger partial charge on any atom is 0.239 e. The van der Waals surface area contributed by atoms with Crippen LogP contribution in [0.1, 0.15) is 5.82 Å². The Labute approximate surface area is 83.1 Å². The molecule has 0 saturated carbocycles. The minimum absolute atomic E-state index is 0.359. The summed E-state index contributed by atoms with van der Waals surface area (Å²) in [6, 6.07) is 0. The quantitative estimate of drug-likeness (QED) is 0.622. The van der Waals surface area contributed by atoms with Crippen LogP contribution in [0.3, 0.4) is 0 Å². The molecule has 3 N–H and O–H groups in total. The lowest BCUT2D eigenvalue weighted by Gasteiger charge is -2.26. The van der Waals surface area contributed by atoms with Crippen LogP contribution in [0.5, 0.6) is 0 Å². The van der Waals surface area contributed by atoms with E-state index in [2.05, 4.69) is 20.3 Å². The Morgan fingerprint density at radius 3 is 2.71 bits per heavy atom. The van der Waals surface area contributed by atoms with Gasteiger partial charge in [-0.2, -0.15) is 4.98 Å². The molecule has 0 amide bonds. The Kier molecular flexibility index (Phi) is 2.64. The normalized spacial score (nSPS) is 18.6. The van der Waals surface area contributed by atoms with Crippen LogP contribution in [0.25, 0.3) is 0 Å². The number of rotatable bonds is 2. The van der Waals surface area contributed by atoms with Gasteiger partial charge in [-0.15, -0.1) is 5.10 Å². The molecular weight excluding hydrogens is 180 g/mol. The number of anilines is 1. The van der Waals surface area contributed by atoms with Crippen molar-refractivity contribution in [3.05, 3.63) is 5.82 Å². The molecule has 6 heteroatoms. The van der Waals surface area contributed by atoms with Crippen LogP contribution < -0.4 is 11.1 Å². The highest BCUT2D eigenvalue weighted by Gasteiger charge is 2.13. The highest BCUT2D eigenvalue weighted by molar-refractivity contribution is 5.13. The van der Waals surface area contributed by atoms with Gasteiger partial charge in [-0.05, 0) is 0 Å². The average Bonchev–Trinajstić information content (AvgIpc) is 2.47. The molecule has 78 valence electrons. The van der Waals surface area contributed by atoms with Gasteiger partial charge in [-0.1, -0.05) is 0 Å². The van der Waals surface area contributed by atoms with E-state index in [0.29, 0.717) is 5.95 Å². The molecular formula is C8H16N6. The van der Waals surface area contributed by atoms with E-state index in [1.165, 1.54) is 0 Å². The zero-order valence-electron chi connectivity index (χ0n) is 8.40. The molecule has 0 aliphatic carbocycles. The summed E-state index contributed by atoms with van der Waals surface area (Å²) >= 11 is 0. The van der Waals surface area contributed by atoms with Gasteiger partial charge in [0.05, 0.1) is 6.54 Å². The second-order valence-corrected chi connectivity index (χ2v) is 3.54. The summed E-state index contributed by atoms with van der Waals surface area (Å²) in [4.78, 5) is 6.52. The highest BCUT2D eigenvalue weighted by atomic mass is 15.4. The van der Waals surface area contributed by atoms with Gasteiger partial charge in [0.15, 0.2) is 0 Å². The second kappa shape index (κ2) is 3.93. The van der Waals surface area contributed by atoms with Crippen molar-refractivity contribution in [1.82, 2.24) is 25.0 Å². The molecule has 2 rings (SSSR count). The van der Waals surface area contributed by atoms with Gasteiger partial charge in [0.25, 0.3) is 0 Å². The van der Waals surface area contributed by atoms with Gasteiger partial charge in [-0.25, -0.2) is 4.68 Å². The Hall–Kier alpha value is -1.14. The van der Waals surface area contributed by atoms with Crippen molar-refractivity contribution in [2.24, 2.45) is 7.05 Å². The van der Waals surface area contributed by atoms with Gasteiger partial charge in [0.1, 0.15) is 5.82 Å². The maximum atomic E-state index is 5.51. The van der Waals surface area contributed by atoms with Gasteiger partial charge in [-0.3, -0.25) is 4.90 Å². The molecule has 2 heterocycles. The first-order valence-electron chi connectivity index (χ1n) is 4.84. The second-order valence-electron chi connectivity index (χ2n) is 3.54. The van der Waals surface area contributed by atoms with E-state index in [1.807, 2.05) is 7.05 Å². The summed E-state index contributed by atoms with van der Waals surface area (Å²) in [5, 5.41) is 7.33. The summed E-state index contributed by atoms with van der Waals surface area (Å²) in [7, 11) is 1.88. The number of nitrogen functional groups attached to an aromatic ring is 1. The van der Waals surface area contributed by atoms with Gasteiger partial charge < -0.3 is 11.1 Å². The number of nitrogens with one attached hydrogen (secondary N) is 1. The van der Waals surface area contributed by atoms with Crippen molar-refractivity contribution in [1.29, 1.82) is 0 Å². The molecule has 0 atom stereocenters. The molecule has 0 radical (unpaired) electrons. The fraction of sp³-hybridized carbons (Fsp3) is 0.750. The Balaban J connectivity index is 1.98. The predicted octanol–water partition coefficient (Wildman–Crippen LogP) is -1.20. The number of nitrogens with zero attached hydrogens (tertiary/aromatic N) is 4. The van der Waals surface area contributed by atoms with E-state index in [-0.39, 0.29) is 0 Å². The highest BCUT2D eigenvalue weighted by Crippen LogP contribution is 2.03. The molecule has 14 heavy (non-hydrogen) atoms. The third-order valence-corrected chi connectivity index (χ3v) is 2.44. The molecule has 0 aromatic carbocycles. The molecule has 1 aromatic rings. The van der Waals surface area contributed by atoms with Crippen LogP contribution in [-0.4, -0.2) is 45.8 Å². The Morgan fingerprint density at radius 2 is 2.14 bits per heavy atom. The van der Waals surface area contributed by atoms with Crippen molar-refractivity contribution in [2.75, 3.05) is 31.9 Å². The maximum absolute atomic E-state index is 5.51. The van der Waals surface area contributed by atoms with Gasteiger partial charge >= 0.3 is 0 Å². The number of nitrogens with two attached hydrogens (primary N) is 1. The van der Waals surface area contributed by atoms with Crippen LogP contribution >= 0.6 is 0 Å². The molecule has 1 aliphatic rings. The van der Waals surface area contributed by atoms with E-state index >= 15 is 0 Å². The van der Waals surface area contributed by atoms with Crippen molar-refractivity contribution in [2.45, 2.75) is 6.54 Å². The summed E-state index contributed by atoms with van der Waals surface area (Å²) in [5.74, 6) is 1.29. The van der Waals surface area contributed by atoms with Crippen LogP contribution in [0, 0.1) is 0 Å². The van der Waals surface area contributed by atoms with Crippen molar-refractivity contribution >= 4 is 5.95 Å². The first kappa shape index (κ1) is 9.42. The van der Waals surface area contributed by atoms with Gasteiger partial charge in [0.2, 0.25) is 5.95 Å². The first-order chi connectivity index (χ1) is 6.75. The van der Waals surface area contributed by atoms with Crippen LogP contribution in [0.4, 0.5) is 5.95 Å². The molecule has 1 aliphatic heterocycles. The fourth-order valence-electron chi connectivity index (χ4n) is 1.65. The number of hydrogen-bond acceptors (Lipinski definition) is 5. The summed E-state index contributed by atoms with van der Waals surface area (Å²) < 4.78 is 1.75. The average molecular weight is 196 g/mol. The van der Waals surface area contributed by atoms with Crippen molar-refractivity contribution in [3.63, 3.8) is 0 Å². The summed E-state index contributed by atoms with van der Waals surface area (Å²) in [6.07, 6.45) is 0. The SMILES string of the molecule is Cn1nc(N)nc1CN1CCNCC1. The molecule has 0 unspecified atom stereocenters. The minimum atomic E-state index is 0.359. The topological polar surface area (TPSA) is 72.0 Å². The molecule has 1 saturated heterocycles. The van der Waals surface area contributed by atoms with Crippen LogP contribution in [-0.2, 0) is 13.6 Å². The lowest BCUT2D eigenvalue weighted by molar-refractivity contribution is 0.225. The molecule has 0 bridgehead atoms. The van der Waals surface area contributed by atoms with Crippen LogP contribution in [0.2, 0.25) is 0 Å². The smallest absolute Gasteiger partial charge is 0.239 e.